The topological polar surface area (TPSA) is 108 Å². The summed E-state index contributed by atoms with van der Waals surface area (Å²) in [7, 11) is 0. The van der Waals surface area contributed by atoms with Gasteiger partial charge in [-0.2, -0.15) is 0 Å². The van der Waals surface area contributed by atoms with E-state index in [1.165, 1.54) is 13.8 Å². The highest BCUT2D eigenvalue weighted by Gasteiger charge is 2.71. The van der Waals surface area contributed by atoms with Crippen LogP contribution in [-0.4, -0.2) is 47.8 Å². The first-order chi connectivity index (χ1) is 17.3. The van der Waals surface area contributed by atoms with E-state index in [9.17, 15) is 19.5 Å². The van der Waals surface area contributed by atoms with Gasteiger partial charge in [-0.05, 0) is 55.4 Å². The Labute approximate surface area is 220 Å². The summed E-state index contributed by atoms with van der Waals surface area (Å²) in [6.45, 7) is 18.5. The van der Waals surface area contributed by atoms with E-state index in [-0.39, 0.29) is 23.7 Å². The average Bonchev–Trinajstić information content (AvgIpc) is 3.12. The minimum Gasteiger partial charge on any atom is -0.458 e. The molecule has 2 fully saturated rings. The highest BCUT2D eigenvalue weighted by Crippen LogP contribution is 2.67. The first-order valence-electron chi connectivity index (χ1n) is 13.2. The first-order valence-corrected chi connectivity index (χ1v) is 13.2. The summed E-state index contributed by atoms with van der Waals surface area (Å²) in [5, 5.41) is 11.7. The molecule has 1 heterocycles. The summed E-state index contributed by atoms with van der Waals surface area (Å²) in [4.78, 5) is 37.0. The highest BCUT2D eigenvalue weighted by atomic mass is 16.8. The van der Waals surface area contributed by atoms with Gasteiger partial charge in [0.2, 0.25) is 12.6 Å². The maximum Gasteiger partial charge on any atom is 0.309 e. The Hall–Kier alpha value is -2.45. The Balaban J connectivity index is 2.19. The lowest BCUT2D eigenvalue weighted by Gasteiger charge is -2.60. The lowest BCUT2D eigenvalue weighted by Crippen LogP contribution is -2.63. The zero-order valence-electron chi connectivity index (χ0n) is 23.0. The first kappa shape index (κ1) is 29.1. The summed E-state index contributed by atoms with van der Waals surface area (Å²) in [5.74, 6) is -1.99. The second-order valence-corrected chi connectivity index (χ2v) is 11.2. The van der Waals surface area contributed by atoms with E-state index in [2.05, 4.69) is 27.0 Å². The largest absolute Gasteiger partial charge is 0.458 e. The van der Waals surface area contributed by atoms with Crippen LogP contribution < -0.4 is 0 Å². The zero-order valence-corrected chi connectivity index (χ0v) is 23.0. The fraction of sp³-hybridized carbons (Fsp3) is 0.690. The zero-order chi connectivity index (χ0) is 27.7. The van der Waals surface area contributed by atoms with E-state index < -0.39 is 47.6 Å². The van der Waals surface area contributed by atoms with Crippen LogP contribution in [0.1, 0.15) is 73.6 Å². The van der Waals surface area contributed by atoms with Crippen LogP contribution in [0.25, 0.3) is 0 Å². The third kappa shape index (κ3) is 5.28. The molecule has 0 radical (unpaired) electrons. The fourth-order valence-electron chi connectivity index (χ4n) is 6.45. The molecule has 3 aliphatic rings. The van der Waals surface area contributed by atoms with Crippen molar-refractivity contribution in [2.45, 2.75) is 98.4 Å². The third-order valence-corrected chi connectivity index (χ3v) is 8.95. The molecule has 1 saturated carbocycles. The van der Waals surface area contributed by atoms with Gasteiger partial charge >= 0.3 is 17.9 Å². The summed E-state index contributed by atoms with van der Waals surface area (Å²) in [6.07, 6.45) is 2.45. The molecule has 0 aromatic heterocycles. The molecule has 1 saturated heterocycles. The van der Waals surface area contributed by atoms with Crippen LogP contribution in [0.2, 0.25) is 0 Å². The van der Waals surface area contributed by atoms with Crippen LogP contribution in [0.15, 0.2) is 36.5 Å². The molecule has 9 atom stereocenters. The SMILES string of the molecule is C=CC(=C)CC[C@]1(C)[C@H]2C[C@H](OC(=O)[C@H](C)CC)C=C3[C@H](OC(C)=O)O[C@H](OC(C)=O)[C@@]32[C@H](O)C[C@@H]1C. The Kier molecular flexibility index (Phi) is 8.75. The van der Waals surface area contributed by atoms with E-state index in [4.69, 9.17) is 18.9 Å². The van der Waals surface area contributed by atoms with E-state index in [0.717, 1.165) is 12.0 Å². The third-order valence-electron chi connectivity index (χ3n) is 8.95. The van der Waals surface area contributed by atoms with Gasteiger partial charge in [0.1, 0.15) is 6.10 Å². The van der Waals surface area contributed by atoms with Crippen molar-refractivity contribution in [1.82, 2.24) is 0 Å². The fourth-order valence-corrected chi connectivity index (χ4v) is 6.45. The Morgan fingerprint density at radius 1 is 1.22 bits per heavy atom. The summed E-state index contributed by atoms with van der Waals surface area (Å²) in [6, 6.07) is 0. The van der Waals surface area contributed by atoms with Gasteiger partial charge in [-0.1, -0.05) is 52.5 Å². The number of aliphatic hydroxyl groups is 1. The van der Waals surface area contributed by atoms with Crippen molar-refractivity contribution >= 4 is 17.9 Å². The molecule has 0 bridgehead atoms. The molecule has 1 aliphatic heterocycles. The second-order valence-electron chi connectivity index (χ2n) is 11.2. The molecule has 3 rings (SSSR count). The maximum atomic E-state index is 12.8. The molecule has 0 unspecified atom stereocenters. The van der Waals surface area contributed by atoms with E-state index >= 15 is 0 Å². The molecule has 37 heavy (non-hydrogen) atoms. The van der Waals surface area contributed by atoms with E-state index in [1.807, 2.05) is 13.8 Å². The van der Waals surface area contributed by atoms with Crippen LogP contribution in [0, 0.1) is 28.6 Å². The number of hydrogen-bond acceptors (Lipinski definition) is 8. The smallest absolute Gasteiger partial charge is 0.309 e. The van der Waals surface area contributed by atoms with Crippen molar-refractivity contribution < 1.29 is 38.4 Å². The van der Waals surface area contributed by atoms with Crippen LogP contribution in [0.4, 0.5) is 0 Å². The second kappa shape index (κ2) is 11.1. The van der Waals surface area contributed by atoms with Crippen molar-refractivity contribution in [1.29, 1.82) is 0 Å². The lowest BCUT2D eigenvalue weighted by atomic mass is 9.45. The number of carbonyl (C=O) groups is 3. The van der Waals surface area contributed by atoms with Crippen LogP contribution in [0.3, 0.4) is 0 Å². The molecular weight excluding hydrogens is 476 g/mol. The number of esters is 3. The average molecular weight is 519 g/mol. The monoisotopic (exact) mass is 518 g/mol. The van der Waals surface area contributed by atoms with Gasteiger partial charge in [-0.25, -0.2) is 0 Å². The van der Waals surface area contributed by atoms with Crippen molar-refractivity contribution in [2.75, 3.05) is 0 Å². The minimum absolute atomic E-state index is 0.0757. The Morgan fingerprint density at radius 3 is 2.43 bits per heavy atom. The number of hydrogen-bond donors (Lipinski definition) is 1. The van der Waals surface area contributed by atoms with Gasteiger partial charge in [0.05, 0.1) is 17.4 Å². The van der Waals surface area contributed by atoms with Crippen LogP contribution in [0.5, 0.6) is 0 Å². The molecule has 2 aliphatic carbocycles. The molecule has 0 aromatic rings. The van der Waals surface area contributed by atoms with Gasteiger partial charge in [0.25, 0.3) is 0 Å². The van der Waals surface area contributed by atoms with Gasteiger partial charge in [-0.3, -0.25) is 19.1 Å². The number of carbonyl (C=O) groups excluding carboxylic acids is 3. The van der Waals surface area contributed by atoms with Gasteiger partial charge < -0.3 is 19.3 Å². The predicted molar refractivity (Wildman–Crippen MR) is 137 cm³/mol. The normalized spacial score (nSPS) is 37.3. The number of rotatable bonds is 9. The lowest BCUT2D eigenvalue weighted by molar-refractivity contribution is -0.254. The van der Waals surface area contributed by atoms with Crippen molar-refractivity contribution in [3.8, 4) is 0 Å². The summed E-state index contributed by atoms with van der Waals surface area (Å²) < 4.78 is 23.2. The van der Waals surface area contributed by atoms with E-state index in [1.54, 1.807) is 12.2 Å². The molecule has 0 amide bonds. The van der Waals surface area contributed by atoms with E-state index in [0.29, 0.717) is 31.3 Å². The predicted octanol–water partition coefficient (Wildman–Crippen LogP) is 4.62. The molecule has 8 nitrogen and oxygen atoms in total. The summed E-state index contributed by atoms with van der Waals surface area (Å²) >= 11 is 0. The van der Waals surface area contributed by atoms with Gasteiger partial charge in [0.15, 0.2) is 0 Å². The van der Waals surface area contributed by atoms with Crippen LogP contribution in [-0.2, 0) is 33.3 Å². The molecule has 0 aromatic carbocycles. The maximum absolute atomic E-state index is 12.8. The molecular formula is C29H42O8. The van der Waals surface area contributed by atoms with Gasteiger partial charge in [-0.15, -0.1) is 0 Å². The summed E-state index contributed by atoms with van der Waals surface area (Å²) in [5.41, 5.74) is -0.169. The Morgan fingerprint density at radius 2 is 1.86 bits per heavy atom. The van der Waals surface area contributed by atoms with Crippen LogP contribution >= 0.6 is 0 Å². The van der Waals surface area contributed by atoms with Crippen molar-refractivity contribution in [3.63, 3.8) is 0 Å². The standard InChI is InChI=1S/C29H42O8/c1-9-16(3)11-12-28(8)18(5)13-24(32)29-22(26(34-19(6)30)37-27(29)35-20(7)31)14-21(15-23(28)29)36-25(33)17(4)10-2/h9,14,17-18,21,23-24,26-27,32H,1,3,10-13,15H2,2,4-8H3/t17-,18+,21-,23-,24-,26-,27+,28+,29+/m1/s1. The minimum atomic E-state index is -1.18. The molecule has 1 N–H and O–H groups in total. The van der Waals surface area contributed by atoms with Gasteiger partial charge in [0, 0.05) is 19.4 Å². The Bertz CT molecular complexity index is 969. The number of aliphatic hydroxyl groups excluding tert-OH is 1. The highest BCUT2D eigenvalue weighted by molar-refractivity contribution is 5.72. The van der Waals surface area contributed by atoms with Crippen molar-refractivity contribution in [2.24, 2.45) is 28.6 Å². The molecule has 206 valence electrons. The molecule has 1 spiro atoms. The molecule has 8 heteroatoms. The quantitative estimate of drug-likeness (QED) is 0.204. The number of ether oxygens (including phenoxy) is 4. The number of allylic oxidation sites excluding steroid dienone is 2. The van der Waals surface area contributed by atoms with Crippen molar-refractivity contribution in [3.05, 3.63) is 36.5 Å².